The van der Waals surface area contributed by atoms with Crippen LogP contribution in [0.5, 0.6) is 0 Å². The van der Waals surface area contributed by atoms with Crippen LogP contribution in [0, 0.1) is 6.92 Å². The Labute approximate surface area is 104 Å². The molecule has 0 aliphatic heterocycles. The Balaban J connectivity index is 3.04. The summed E-state index contributed by atoms with van der Waals surface area (Å²) in [7, 11) is 1.93. The molecule has 96 valence electrons. The molecule has 0 aliphatic rings. The molecule has 1 unspecified atom stereocenters. The van der Waals surface area contributed by atoms with Gasteiger partial charge in [0.15, 0.2) is 5.82 Å². The zero-order valence-corrected chi connectivity index (χ0v) is 11.7. The van der Waals surface area contributed by atoms with Crippen molar-refractivity contribution in [3.05, 3.63) is 23.3 Å². The molecule has 0 spiro atoms. The van der Waals surface area contributed by atoms with Gasteiger partial charge in [-0.3, -0.25) is 0 Å². The second kappa shape index (κ2) is 5.56. The van der Waals surface area contributed by atoms with Crippen LogP contribution in [0.4, 0.5) is 0 Å². The van der Waals surface area contributed by atoms with Crippen molar-refractivity contribution in [3.8, 4) is 0 Å². The van der Waals surface area contributed by atoms with E-state index < -0.39 is 5.60 Å². The lowest BCUT2D eigenvalue weighted by Gasteiger charge is -2.24. The van der Waals surface area contributed by atoms with Gasteiger partial charge in [-0.1, -0.05) is 0 Å². The zero-order valence-electron chi connectivity index (χ0n) is 11.7. The second-order valence-corrected chi connectivity index (χ2v) is 4.69. The Bertz CT molecular complexity index is 377. The number of hydrogen-bond donors (Lipinski definition) is 1. The van der Waals surface area contributed by atoms with Gasteiger partial charge in [-0.25, -0.2) is 9.97 Å². The highest BCUT2D eigenvalue weighted by molar-refractivity contribution is 5.21. The van der Waals surface area contributed by atoms with E-state index in [1.807, 2.05) is 40.9 Å². The Kier molecular flexibility index (Phi) is 4.60. The van der Waals surface area contributed by atoms with E-state index in [0.717, 1.165) is 17.1 Å². The molecule has 1 rings (SSSR count). The van der Waals surface area contributed by atoms with E-state index in [9.17, 15) is 0 Å². The molecule has 1 heterocycles. The zero-order chi connectivity index (χ0) is 13.1. The third-order valence-electron chi connectivity index (χ3n) is 2.96. The fraction of sp³-hybridized carbons (Fsp3) is 0.692. The minimum atomic E-state index is -0.430. The first-order valence-electron chi connectivity index (χ1n) is 6.07. The van der Waals surface area contributed by atoms with Crippen LogP contribution in [0.25, 0.3) is 0 Å². The molecule has 0 fully saturated rings. The van der Waals surface area contributed by atoms with Crippen LogP contribution in [-0.2, 0) is 10.3 Å². The van der Waals surface area contributed by atoms with Gasteiger partial charge in [0.25, 0.3) is 0 Å². The third kappa shape index (κ3) is 3.23. The number of hydrogen-bond acceptors (Lipinski definition) is 4. The molecule has 0 aromatic carbocycles. The van der Waals surface area contributed by atoms with Crippen molar-refractivity contribution >= 4 is 0 Å². The summed E-state index contributed by atoms with van der Waals surface area (Å²) in [6.45, 7) is 10.7. The Morgan fingerprint density at radius 2 is 2.12 bits per heavy atom. The molecule has 4 nitrogen and oxygen atoms in total. The standard InChI is InChI=1S/C13H23N3O/c1-7-17-13(4,5)12-15-8-11(9(2)14-6)10(3)16-12/h8-9,14H,7H2,1-6H3. The molecule has 0 bridgehead atoms. The summed E-state index contributed by atoms with van der Waals surface area (Å²) in [6, 6.07) is 0.263. The number of aryl methyl sites for hydroxylation is 1. The van der Waals surface area contributed by atoms with E-state index in [4.69, 9.17) is 4.74 Å². The molecular formula is C13H23N3O. The monoisotopic (exact) mass is 237 g/mol. The number of rotatable bonds is 5. The summed E-state index contributed by atoms with van der Waals surface area (Å²) >= 11 is 0. The average Bonchev–Trinajstić information content (AvgIpc) is 2.28. The van der Waals surface area contributed by atoms with Gasteiger partial charge in [-0.2, -0.15) is 0 Å². The molecule has 0 aliphatic carbocycles. The molecule has 1 aromatic heterocycles. The Morgan fingerprint density at radius 3 is 2.59 bits per heavy atom. The quantitative estimate of drug-likeness (QED) is 0.854. The van der Waals surface area contributed by atoms with Crippen molar-refractivity contribution in [1.82, 2.24) is 15.3 Å². The third-order valence-corrected chi connectivity index (χ3v) is 2.96. The smallest absolute Gasteiger partial charge is 0.159 e. The van der Waals surface area contributed by atoms with E-state index in [2.05, 4.69) is 22.2 Å². The lowest BCUT2D eigenvalue weighted by Crippen LogP contribution is -2.26. The molecule has 1 atom stereocenters. The maximum absolute atomic E-state index is 5.66. The van der Waals surface area contributed by atoms with Crippen molar-refractivity contribution in [2.45, 2.75) is 46.3 Å². The highest BCUT2D eigenvalue weighted by Gasteiger charge is 2.25. The molecule has 0 radical (unpaired) electrons. The Morgan fingerprint density at radius 1 is 1.47 bits per heavy atom. The average molecular weight is 237 g/mol. The van der Waals surface area contributed by atoms with Crippen molar-refractivity contribution in [2.75, 3.05) is 13.7 Å². The van der Waals surface area contributed by atoms with E-state index in [1.54, 1.807) is 0 Å². The minimum absolute atomic E-state index is 0.263. The number of nitrogens with zero attached hydrogens (tertiary/aromatic N) is 2. The van der Waals surface area contributed by atoms with Crippen LogP contribution < -0.4 is 5.32 Å². The summed E-state index contributed by atoms with van der Waals surface area (Å²) in [6.07, 6.45) is 1.89. The van der Waals surface area contributed by atoms with E-state index in [-0.39, 0.29) is 6.04 Å². The number of ether oxygens (including phenoxy) is 1. The van der Waals surface area contributed by atoms with Gasteiger partial charge < -0.3 is 10.1 Å². The summed E-state index contributed by atoms with van der Waals surface area (Å²) in [4.78, 5) is 8.98. The van der Waals surface area contributed by atoms with Gasteiger partial charge in [0.2, 0.25) is 0 Å². The fourth-order valence-corrected chi connectivity index (χ4v) is 1.77. The van der Waals surface area contributed by atoms with Crippen molar-refractivity contribution in [2.24, 2.45) is 0 Å². The molecule has 0 amide bonds. The fourth-order valence-electron chi connectivity index (χ4n) is 1.77. The maximum atomic E-state index is 5.66. The van der Waals surface area contributed by atoms with E-state index in [1.165, 1.54) is 0 Å². The van der Waals surface area contributed by atoms with Crippen molar-refractivity contribution in [1.29, 1.82) is 0 Å². The topological polar surface area (TPSA) is 47.0 Å². The largest absolute Gasteiger partial charge is 0.368 e. The lowest BCUT2D eigenvalue weighted by atomic mass is 10.1. The predicted molar refractivity (Wildman–Crippen MR) is 68.9 cm³/mol. The van der Waals surface area contributed by atoms with Crippen LogP contribution in [0.15, 0.2) is 6.20 Å². The maximum Gasteiger partial charge on any atom is 0.159 e. The van der Waals surface area contributed by atoms with Crippen LogP contribution in [0.2, 0.25) is 0 Å². The Hall–Kier alpha value is -1.00. The first-order valence-corrected chi connectivity index (χ1v) is 6.07. The van der Waals surface area contributed by atoms with Crippen LogP contribution in [0.1, 0.15) is 50.8 Å². The lowest BCUT2D eigenvalue weighted by molar-refractivity contribution is -0.0209. The minimum Gasteiger partial charge on any atom is -0.368 e. The van der Waals surface area contributed by atoms with E-state index in [0.29, 0.717) is 6.61 Å². The van der Waals surface area contributed by atoms with Crippen molar-refractivity contribution in [3.63, 3.8) is 0 Å². The SMILES string of the molecule is CCOC(C)(C)c1ncc(C(C)NC)c(C)n1. The van der Waals surface area contributed by atoms with Gasteiger partial charge >= 0.3 is 0 Å². The summed E-state index contributed by atoms with van der Waals surface area (Å²) in [5.41, 5.74) is 1.70. The molecule has 0 saturated carbocycles. The molecule has 17 heavy (non-hydrogen) atoms. The van der Waals surface area contributed by atoms with Gasteiger partial charge in [0.1, 0.15) is 5.60 Å². The molecular weight excluding hydrogens is 214 g/mol. The number of aromatic nitrogens is 2. The first-order chi connectivity index (χ1) is 7.92. The summed E-state index contributed by atoms with van der Waals surface area (Å²) < 4.78 is 5.66. The highest BCUT2D eigenvalue weighted by Crippen LogP contribution is 2.23. The summed E-state index contributed by atoms with van der Waals surface area (Å²) in [5.74, 6) is 0.740. The van der Waals surface area contributed by atoms with Gasteiger partial charge in [-0.15, -0.1) is 0 Å². The molecule has 1 N–H and O–H groups in total. The summed E-state index contributed by atoms with van der Waals surface area (Å²) in [5, 5.41) is 3.19. The molecule has 4 heteroatoms. The van der Waals surface area contributed by atoms with E-state index >= 15 is 0 Å². The van der Waals surface area contributed by atoms with Crippen LogP contribution >= 0.6 is 0 Å². The van der Waals surface area contributed by atoms with Gasteiger partial charge in [0.05, 0.1) is 0 Å². The van der Waals surface area contributed by atoms with Gasteiger partial charge in [0, 0.05) is 30.1 Å². The molecule has 1 aromatic rings. The normalized spacial score (nSPS) is 13.8. The van der Waals surface area contributed by atoms with Crippen molar-refractivity contribution < 1.29 is 4.74 Å². The number of nitrogens with one attached hydrogen (secondary N) is 1. The molecule has 0 saturated heterocycles. The second-order valence-electron chi connectivity index (χ2n) is 4.69. The van der Waals surface area contributed by atoms with Crippen LogP contribution in [0.3, 0.4) is 0 Å². The predicted octanol–water partition coefficient (Wildman–Crippen LogP) is 2.34. The van der Waals surface area contributed by atoms with Gasteiger partial charge in [-0.05, 0) is 41.7 Å². The van der Waals surface area contributed by atoms with Crippen LogP contribution in [-0.4, -0.2) is 23.6 Å². The first kappa shape index (κ1) is 14.1. The highest BCUT2D eigenvalue weighted by atomic mass is 16.5.